The minimum atomic E-state index is 0.544. The van der Waals surface area contributed by atoms with Gasteiger partial charge in [-0.25, -0.2) is 0 Å². The zero-order valence-corrected chi connectivity index (χ0v) is 12.4. The molecule has 0 saturated carbocycles. The van der Waals surface area contributed by atoms with Crippen molar-refractivity contribution in [3.05, 3.63) is 24.3 Å². The molecular formula is C15H22N6. The highest BCUT2D eigenvalue weighted by Crippen LogP contribution is 2.21. The average molecular weight is 286 g/mol. The van der Waals surface area contributed by atoms with Crippen LogP contribution >= 0.6 is 0 Å². The minimum absolute atomic E-state index is 0.544. The third kappa shape index (κ3) is 3.58. The molecule has 0 spiro atoms. The SMILES string of the molecule is CCN1CCCC(Nc2cccc(-c3nn[nH]n3)c2)CC1. The van der Waals surface area contributed by atoms with Gasteiger partial charge in [-0.1, -0.05) is 19.1 Å². The number of anilines is 1. The zero-order valence-electron chi connectivity index (χ0n) is 12.4. The van der Waals surface area contributed by atoms with E-state index < -0.39 is 0 Å². The second kappa shape index (κ2) is 6.67. The monoisotopic (exact) mass is 286 g/mol. The molecule has 0 bridgehead atoms. The molecule has 1 aromatic heterocycles. The summed E-state index contributed by atoms with van der Waals surface area (Å²) in [6, 6.07) is 8.77. The number of tetrazole rings is 1. The quantitative estimate of drug-likeness (QED) is 0.901. The van der Waals surface area contributed by atoms with E-state index in [-0.39, 0.29) is 0 Å². The molecule has 1 saturated heterocycles. The van der Waals surface area contributed by atoms with Crippen molar-refractivity contribution in [1.29, 1.82) is 0 Å². The van der Waals surface area contributed by atoms with Crippen LogP contribution in [-0.4, -0.2) is 51.2 Å². The summed E-state index contributed by atoms with van der Waals surface area (Å²) in [6.07, 6.45) is 3.68. The predicted molar refractivity (Wildman–Crippen MR) is 83.0 cm³/mol. The highest BCUT2D eigenvalue weighted by atomic mass is 15.5. The van der Waals surface area contributed by atoms with Crippen molar-refractivity contribution < 1.29 is 0 Å². The topological polar surface area (TPSA) is 69.7 Å². The van der Waals surface area contributed by atoms with Gasteiger partial charge in [0.2, 0.25) is 5.82 Å². The van der Waals surface area contributed by atoms with Crippen molar-refractivity contribution in [2.45, 2.75) is 32.2 Å². The van der Waals surface area contributed by atoms with Crippen LogP contribution in [0.2, 0.25) is 0 Å². The Kier molecular flexibility index (Phi) is 4.45. The van der Waals surface area contributed by atoms with E-state index in [0.29, 0.717) is 11.9 Å². The molecule has 2 heterocycles. The van der Waals surface area contributed by atoms with Gasteiger partial charge in [-0.3, -0.25) is 0 Å². The van der Waals surface area contributed by atoms with Crippen molar-refractivity contribution >= 4 is 5.69 Å². The summed E-state index contributed by atoms with van der Waals surface area (Å²) in [5.74, 6) is 0.636. The minimum Gasteiger partial charge on any atom is -0.382 e. The van der Waals surface area contributed by atoms with Crippen molar-refractivity contribution in [1.82, 2.24) is 25.5 Å². The van der Waals surface area contributed by atoms with Crippen LogP contribution in [-0.2, 0) is 0 Å². The van der Waals surface area contributed by atoms with Gasteiger partial charge in [0.1, 0.15) is 0 Å². The number of nitrogens with zero attached hydrogens (tertiary/aromatic N) is 4. The van der Waals surface area contributed by atoms with Gasteiger partial charge in [-0.2, -0.15) is 5.21 Å². The first kappa shape index (κ1) is 14.0. The number of aromatic amines is 1. The molecule has 0 aliphatic carbocycles. The van der Waals surface area contributed by atoms with Crippen LogP contribution in [0.1, 0.15) is 26.2 Å². The molecule has 0 amide bonds. The van der Waals surface area contributed by atoms with Crippen LogP contribution in [0.3, 0.4) is 0 Å². The van der Waals surface area contributed by atoms with Gasteiger partial charge >= 0.3 is 0 Å². The van der Waals surface area contributed by atoms with Crippen molar-refractivity contribution in [2.24, 2.45) is 0 Å². The zero-order chi connectivity index (χ0) is 14.5. The Balaban J connectivity index is 1.66. The lowest BCUT2D eigenvalue weighted by Crippen LogP contribution is -2.26. The van der Waals surface area contributed by atoms with E-state index >= 15 is 0 Å². The van der Waals surface area contributed by atoms with E-state index in [1.54, 1.807) is 0 Å². The van der Waals surface area contributed by atoms with Gasteiger partial charge in [0, 0.05) is 23.8 Å². The van der Waals surface area contributed by atoms with Crippen LogP contribution < -0.4 is 5.32 Å². The molecule has 112 valence electrons. The van der Waals surface area contributed by atoms with Crippen LogP contribution in [0.25, 0.3) is 11.4 Å². The fraction of sp³-hybridized carbons (Fsp3) is 0.533. The Morgan fingerprint density at radius 2 is 2.29 bits per heavy atom. The standard InChI is InChI=1S/C15H22N6/c1-2-21-9-4-7-13(8-10-21)16-14-6-3-5-12(11-14)15-17-19-20-18-15/h3,5-6,11,13,16H,2,4,7-10H2,1H3,(H,17,18,19,20). The lowest BCUT2D eigenvalue weighted by molar-refractivity contribution is 0.300. The highest BCUT2D eigenvalue weighted by Gasteiger charge is 2.16. The second-order valence-electron chi connectivity index (χ2n) is 5.52. The fourth-order valence-electron chi connectivity index (χ4n) is 2.88. The van der Waals surface area contributed by atoms with Gasteiger partial charge in [-0.05, 0) is 49.7 Å². The summed E-state index contributed by atoms with van der Waals surface area (Å²) in [5, 5.41) is 17.8. The second-order valence-corrected chi connectivity index (χ2v) is 5.52. The third-order valence-electron chi connectivity index (χ3n) is 4.10. The Bertz CT molecular complexity index is 553. The molecule has 1 aliphatic heterocycles. The summed E-state index contributed by atoms with van der Waals surface area (Å²) in [5.41, 5.74) is 2.12. The first-order valence-corrected chi connectivity index (χ1v) is 7.68. The predicted octanol–water partition coefficient (Wildman–Crippen LogP) is 2.15. The molecule has 0 radical (unpaired) electrons. The maximum absolute atomic E-state index is 4.03. The molecule has 1 aromatic carbocycles. The molecule has 6 nitrogen and oxygen atoms in total. The normalized spacial score (nSPS) is 20.1. The molecule has 6 heteroatoms. The first-order valence-electron chi connectivity index (χ1n) is 7.68. The Labute approximate surface area is 124 Å². The maximum atomic E-state index is 4.03. The third-order valence-corrected chi connectivity index (χ3v) is 4.10. The summed E-state index contributed by atoms with van der Waals surface area (Å²) in [7, 11) is 0. The molecule has 1 fully saturated rings. The fourth-order valence-corrected chi connectivity index (χ4v) is 2.88. The molecule has 2 aromatic rings. The van der Waals surface area contributed by atoms with Crippen LogP contribution in [0.15, 0.2) is 24.3 Å². The van der Waals surface area contributed by atoms with Crippen molar-refractivity contribution in [3.8, 4) is 11.4 Å². The van der Waals surface area contributed by atoms with E-state index in [1.807, 2.05) is 12.1 Å². The Morgan fingerprint density at radius 3 is 3.10 bits per heavy atom. The maximum Gasteiger partial charge on any atom is 0.204 e. The number of likely N-dealkylation sites (tertiary alicyclic amines) is 1. The van der Waals surface area contributed by atoms with Gasteiger partial charge in [0.05, 0.1) is 0 Å². The smallest absolute Gasteiger partial charge is 0.204 e. The molecule has 1 atom stereocenters. The summed E-state index contributed by atoms with van der Waals surface area (Å²) >= 11 is 0. The number of H-pyrrole nitrogens is 1. The van der Waals surface area contributed by atoms with Gasteiger partial charge in [0.25, 0.3) is 0 Å². The van der Waals surface area contributed by atoms with E-state index in [1.165, 1.54) is 32.4 Å². The van der Waals surface area contributed by atoms with Crippen LogP contribution in [0, 0.1) is 0 Å². The van der Waals surface area contributed by atoms with Gasteiger partial charge in [-0.15, -0.1) is 10.2 Å². The lowest BCUT2D eigenvalue weighted by Gasteiger charge is -2.19. The van der Waals surface area contributed by atoms with E-state index in [4.69, 9.17) is 0 Å². The van der Waals surface area contributed by atoms with E-state index in [0.717, 1.165) is 17.8 Å². The summed E-state index contributed by atoms with van der Waals surface area (Å²) in [6.45, 7) is 5.79. The average Bonchev–Trinajstić information content (AvgIpc) is 2.96. The van der Waals surface area contributed by atoms with Gasteiger partial charge in [0.15, 0.2) is 0 Å². The summed E-state index contributed by atoms with van der Waals surface area (Å²) < 4.78 is 0. The first-order chi connectivity index (χ1) is 10.3. The molecule has 3 rings (SSSR count). The highest BCUT2D eigenvalue weighted by molar-refractivity contribution is 5.61. The molecule has 1 unspecified atom stereocenters. The Hall–Kier alpha value is -1.95. The molecule has 2 N–H and O–H groups in total. The summed E-state index contributed by atoms with van der Waals surface area (Å²) in [4.78, 5) is 2.53. The van der Waals surface area contributed by atoms with Crippen molar-refractivity contribution in [2.75, 3.05) is 25.0 Å². The van der Waals surface area contributed by atoms with Crippen molar-refractivity contribution in [3.63, 3.8) is 0 Å². The lowest BCUT2D eigenvalue weighted by atomic mass is 10.1. The van der Waals surface area contributed by atoms with Crippen LogP contribution in [0.4, 0.5) is 5.69 Å². The van der Waals surface area contributed by atoms with E-state index in [9.17, 15) is 0 Å². The number of nitrogens with one attached hydrogen (secondary N) is 2. The number of benzene rings is 1. The van der Waals surface area contributed by atoms with Gasteiger partial charge < -0.3 is 10.2 Å². The largest absolute Gasteiger partial charge is 0.382 e. The molecular weight excluding hydrogens is 264 g/mol. The van der Waals surface area contributed by atoms with E-state index in [2.05, 4.69) is 49.9 Å². The number of aromatic nitrogens is 4. The number of hydrogen-bond acceptors (Lipinski definition) is 5. The number of hydrogen-bond donors (Lipinski definition) is 2. The molecule has 21 heavy (non-hydrogen) atoms. The number of rotatable bonds is 4. The Morgan fingerprint density at radius 1 is 1.33 bits per heavy atom. The van der Waals surface area contributed by atoms with Crippen LogP contribution in [0.5, 0.6) is 0 Å². The molecule has 1 aliphatic rings.